The summed E-state index contributed by atoms with van der Waals surface area (Å²) in [7, 11) is 0. The number of benzene rings is 4. The summed E-state index contributed by atoms with van der Waals surface area (Å²) in [6.45, 7) is 1.43. The Balaban J connectivity index is 1.96. The highest BCUT2D eigenvalue weighted by molar-refractivity contribution is 14.1. The molecule has 1 aliphatic heterocycles. The Kier molecular flexibility index (Phi) is 4.40. The molecule has 5 rings (SSSR count). The summed E-state index contributed by atoms with van der Waals surface area (Å²) in [6, 6.07) is 23.5. The summed E-state index contributed by atoms with van der Waals surface area (Å²) in [6.07, 6.45) is 1.98. The highest BCUT2D eigenvalue weighted by Gasteiger charge is 2.21. The van der Waals surface area contributed by atoms with Gasteiger partial charge >= 0.3 is 0 Å². The molecule has 0 fully saturated rings. The van der Waals surface area contributed by atoms with Crippen molar-refractivity contribution in [3.8, 4) is 22.6 Å². The lowest BCUT2D eigenvalue weighted by Crippen LogP contribution is -2.08. The average molecular weight is 466 g/mol. The van der Waals surface area contributed by atoms with E-state index in [-0.39, 0.29) is 0 Å². The van der Waals surface area contributed by atoms with E-state index in [1.54, 1.807) is 0 Å². The average Bonchev–Trinajstić information content (AvgIpc) is 2.71. The molecule has 1 heterocycles. The van der Waals surface area contributed by atoms with Gasteiger partial charge in [0.1, 0.15) is 11.5 Å². The summed E-state index contributed by atoms with van der Waals surface area (Å²) in [5, 5.41) is 4.84. The van der Waals surface area contributed by atoms with Gasteiger partial charge in [-0.05, 0) is 69.1 Å². The molecule has 0 saturated carbocycles. The highest BCUT2D eigenvalue weighted by atomic mass is 127. The zero-order valence-electron chi connectivity index (χ0n) is 14.9. The highest BCUT2D eigenvalue weighted by Crippen LogP contribution is 2.47. The fourth-order valence-electron chi connectivity index (χ4n) is 3.87. The Morgan fingerprint density at radius 2 is 1.33 bits per heavy atom. The lowest BCUT2D eigenvalue weighted by molar-refractivity contribution is 0.263. The van der Waals surface area contributed by atoms with Gasteiger partial charge in [0, 0.05) is 11.1 Å². The molecule has 0 bridgehead atoms. The summed E-state index contributed by atoms with van der Waals surface area (Å²) in [5.74, 6) is 1.91. The number of rotatable bonds is 0. The number of halogens is 1. The number of fused-ring (bicyclic) bond motifs is 7. The first kappa shape index (κ1) is 16.9. The quantitative estimate of drug-likeness (QED) is 0.265. The maximum absolute atomic E-state index is 6.35. The zero-order chi connectivity index (χ0) is 18.2. The van der Waals surface area contributed by atoms with Crippen LogP contribution in [0.15, 0.2) is 66.7 Å². The molecule has 0 amide bonds. The number of hydrogen-bond donors (Lipinski definition) is 0. The lowest BCUT2D eigenvalue weighted by Gasteiger charge is -2.22. The van der Waals surface area contributed by atoms with E-state index in [0.717, 1.165) is 39.0 Å². The molecule has 0 saturated heterocycles. The van der Waals surface area contributed by atoms with Crippen LogP contribution < -0.4 is 9.47 Å². The molecule has 134 valence electrons. The molecule has 1 aliphatic rings. The SMILES string of the molecule is Ic1cc2ccccc2c2c1OCCCCOc1ccc3ccccc3c1-2. The van der Waals surface area contributed by atoms with Crippen LogP contribution in [0, 0.1) is 3.57 Å². The van der Waals surface area contributed by atoms with Crippen molar-refractivity contribution in [1.29, 1.82) is 0 Å². The zero-order valence-corrected chi connectivity index (χ0v) is 17.0. The maximum Gasteiger partial charge on any atom is 0.141 e. The Hall–Kier alpha value is -2.27. The van der Waals surface area contributed by atoms with Crippen LogP contribution in [0.4, 0.5) is 0 Å². The van der Waals surface area contributed by atoms with Crippen molar-refractivity contribution in [2.45, 2.75) is 12.8 Å². The molecule has 3 heteroatoms. The molecule has 0 unspecified atom stereocenters. The van der Waals surface area contributed by atoms with Gasteiger partial charge in [0.2, 0.25) is 0 Å². The van der Waals surface area contributed by atoms with Gasteiger partial charge in [-0.2, -0.15) is 0 Å². The largest absolute Gasteiger partial charge is 0.493 e. The molecule has 4 aromatic rings. The molecule has 0 aromatic heterocycles. The van der Waals surface area contributed by atoms with Crippen LogP contribution in [0.3, 0.4) is 0 Å². The minimum absolute atomic E-state index is 0.713. The van der Waals surface area contributed by atoms with Gasteiger partial charge < -0.3 is 9.47 Å². The van der Waals surface area contributed by atoms with Gasteiger partial charge in [-0.3, -0.25) is 0 Å². The normalized spacial score (nSPS) is 14.1. The van der Waals surface area contributed by atoms with Gasteiger partial charge in [0.05, 0.1) is 16.8 Å². The molecular weight excluding hydrogens is 447 g/mol. The summed E-state index contributed by atoms with van der Waals surface area (Å²) < 4.78 is 13.7. The van der Waals surface area contributed by atoms with Crippen molar-refractivity contribution in [2.24, 2.45) is 0 Å². The van der Waals surface area contributed by atoms with Gasteiger partial charge in [0.15, 0.2) is 0 Å². The van der Waals surface area contributed by atoms with Crippen LogP contribution in [-0.4, -0.2) is 13.2 Å². The van der Waals surface area contributed by atoms with Crippen molar-refractivity contribution >= 4 is 44.1 Å². The molecular formula is C24H19IO2. The predicted molar refractivity (Wildman–Crippen MR) is 120 cm³/mol. The van der Waals surface area contributed by atoms with E-state index in [1.807, 2.05) is 0 Å². The standard InChI is InChI=1S/C24H19IO2/c25-20-15-17-8-2-4-10-19(17)23-22-18-9-3-1-7-16(18)11-12-21(22)26-13-5-6-14-27-24(20)23/h1-4,7-12,15H,5-6,13-14H2. The van der Waals surface area contributed by atoms with Crippen LogP contribution in [0.25, 0.3) is 32.7 Å². The van der Waals surface area contributed by atoms with Crippen molar-refractivity contribution in [3.05, 3.63) is 70.3 Å². The van der Waals surface area contributed by atoms with Gasteiger partial charge in [-0.15, -0.1) is 0 Å². The number of hydrogen-bond acceptors (Lipinski definition) is 2. The topological polar surface area (TPSA) is 18.5 Å². The molecule has 0 spiro atoms. The minimum Gasteiger partial charge on any atom is -0.493 e. The van der Waals surface area contributed by atoms with E-state index < -0.39 is 0 Å². The second-order valence-electron chi connectivity index (χ2n) is 6.85. The third-order valence-electron chi connectivity index (χ3n) is 5.14. The van der Waals surface area contributed by atoms with Gasteiger partial charge in [-0.25, -0.2) is 0 Å². The second kappa shape index (κ2) is 7.04. The third-order valence-corrected chi connectivity index (χ3v) is 5.94. The van der Waals surface area contributed by atoms with Crippen molar-refractivity contribution in [1.82, 2.24) is 0 Å². The number of ether oxygens (including phenoxy) is 2. The molecule has 2 nitrogen and oxygen atoms in total. The van der Waals surface area contributed by atoms with E-state index in [2.05, 4.69) is 89.3 Å². The van der Waals surface area contributed by atoms with Crippen LogP contribution in [-0.2, 0) is 0 Å². The van der Waals surface area contributed by atoms with Crippen LogP contribution in [0.2, 0.25) is 0 Å². The Morgan fingerprint density at radius 3 is 2.15 bits per heavy atom. The third kappa shape index (κ3) is 2.94. The Labute approximate surface area is 172 Å². The summed E-state index contributed by atoms with van der Waals surface area (Å²) in [5.41, 5.74) is 2.28. The van der Waals surface area contributed by atoms with Gasteiger partial charge in [-0.1, -0.05) is 54.6 Å². The summed E-state index contributed by atoms with van der Waals surface area (Å²) >= 11 is 2.40. The first-order chi connectivity index (χ1) is 13.3. The van der Waals surface area contributed by atoms with E-state index in [0.29, 0.717) is 13.2 Å². The van der Waals surface area contributed by atoms with Crippen LogP contribution >= 0.6 is 22.6 Å². The fourth-order valence-corrected chi connectivity index (χ4v) is 4.63. The maximum atomic E-state index is 6.35. The Bertz CT molecular complexity index is 1150. The molecule has 0 radical (unpaired) electrons. The predicted octanol–water partition coefficient (Wildman–Crippen LogP) is 6.82. The second-order valence-corrected chi connectivity index (χ2v) is 8.01. The first-order valence-corrected chi connectivity index (χ1v) is 10.4. The molecule has 27 heavy (non-hydrogen) atoms. The van der Waals surface area contributed by atoms with Crippen molar-refractivity contribution in [3.63, 3.8) is 0 Å². The fraction of sp³-hybridized carbons (Fsp3) is 0.167. The summed E-state index contributed by atoms with van der Waals surface area (Å²) in [4.78, 5) is 0. The van der Waals surface area contributed by atoms with Crippen LogP contribution in [0.5, 0.6) is 11.5 Å². The van der Waals surface area contributed by atoms with Crippen molar-refractivity contribution < 1.29 is 9.47 Å². The van der Waals surface area contributed by atoms with E-state index >= 15 is 0 Å². The van der Waals surface area contributed by atoms with Crippen LogP contribution in [0.1, 0.15) is 12.8 Å². The minimum atomic E-state index is 0.713. The monoisotopic (exact) mass is 466 g/mol. The molecule has 4 aromatic carbocycles. The first-order valence-electron chi connectivity index (χ1n) is 9.32. The smallest absolute Gasteiger partial charge is 0.141 e. The molecule has 0 N–H and O–H groups in total. The Morgan fingerprint density at radius 1 is 0.667 bits per heavy atom. The van der Waals surface area contributed by atoms with E-state index in [4.69, 9.17) is 9.47 Å². The lowest BCUT2D eigenvalue weighted by atomic mass is 9.92. The van der Waals surface area contributed by atoms with Crippen molar-refractivity contribution in [2.75, 3.05) is 13.2 Å². The van der Waals surface area contributed by atoms with Gasteiger partial charge in [0.25, 0.3) is 0 Å². The van der Waals surface area contributed by atoms with E-state index in [9.17, 15) is 0 Å². The van der Waals surface area contributed by atoms with E-state index in [1.165, 1.54) is 21.5 Å². The molecule has 0 atom stereocenters. The molecule has 0 aliphatic carbocycles.